The van der Waals surface area contributed by atoms with Crippen molar-refractivity contribution in [1.82, 2.24) is 4.98 Å². The number of aryl methyl sites for hydroxylation is 3. The van der Waals surface area contributed by atoms with E-state index in [1.165, 1.54) is 17.8 Å². The van der Waals surface area contributed by atoms with Crippen LogP contribution in [-0.4, -0.2) is 4.98 Å². The maximum atomic E-state index is 13.2. The van der Waals surface area contributed by atoms with E-state index in [-0.39, 0.29) is 5.82 Å². The lowest BCUT2D eigenvalue weighted by Gasteiger charge is -2.04. The average Bonchev–Trinajstić information content (AvgIpc) is 2.55. The topological polar surface area (TPSA) is 52.0 Å². The van der Waals surface area contributed by atoms with Gasteiger partial charge in [-0.25, -0.2) is 9.37 Å². The van der Waals surface area contributed by atoms with Crippen molar-refractivity contribution in [2.45, 2.75) is 30.9 Å². The molecule has 0 amide bonds. The average molecular weight is 252 g/mol. The number of oxazole rings is 1. The summed E-state index contributed by atoms with van der Waals surface area (Å²) in [6.45, 7) is 5.43. The van der Waals surface area contributed by atoms with Crippen LogP contribution in [0.15, 0.2) is 26.7 Å². The zero-order chi connectivity index (χ0) is 12.6. The number of rotatable bonds is 2. The molecule has 2 aromatic rings. The van der Waals surface area contributed by atoms with Crippen molar-refractivity contribution in [2.75, 3.05) is 5.73 Å². The van der Waals surface area contributed by atoms with Gasteiger partial charge >= 0.3 is 0 Å². The number of anilines is 1. The number of aromatic nitrogens is 1. The lowest BCUT2D eigenvalue weighted by molar-refractivity contribution is 0.431. The zero-order valence-corrected chi connectivity index (χ0v) is 10.7. The fourth-order valence-electron chi connectivity index (χ4n) is 1.34. The molecule has 2 N–H and O–H groups in total. The van der Waals surface area contributed by atoms with Crippen molar-refractivity contribution >= 4 is 17.4 Å². The number of halogens is 1. The van der Waals surface area contributed by atoms with E-state index >= 15 is 0 Å². The smallest absolute Gasteiger partial charge is 0.261 e. The molecule has 3 nitrogen and oxygen atoms in total. The van der Waals surface area contributed by atoms with Crippen LogP contribution in [0.5, 0.6) is 0 Å². The highest BCUT2D eigenvalue weighted by Gasteiger charge is 2.11. The van der Waals surface area contributed by atoms with Crippen LogP contribution in [0.1, 0.15) is 17.0 Å². The van der Waals surface area contributed by atoms with Crippen LogP contribution in [-0.2, 0) is 0 Å². The van der Waals surface area contributed by atoms with Gasteiger partial charge in [-0.3, -0.25) is 0 Å². The molecule has 0 spiro atoms. The largest absolute Gasteiger partial charge is 0.436 e. The molecule has 2 rings (SSSR count). The van der Waals surface area contributed by atoms with Crippen molar-refractivity contribution in [3.05, 3.63) is 35.0 Å². The van der Waals surface area contributed by atoms with Crippen molar-refractivity contribution in [1.29, 1.82) is 0 Å². The summed E-state index contributed by atoms with van der Waals surface area (Å²) in [5.41, 5.74) is 7.56. The van der Waals surface area contributed by atoms with E-state index in [1.807, 2.05) is 13.8 Å². The molecule has 0 aliphatic carbocycles. The predicted octanol–water partition coefficient (Wildman–Crippen LogP) is 3.47. The molecular weight excluding hydrogens is 239 g/mol. The Labute approximate surface area is 103 Å². The van der Waals surface area contributed by atoms with Crippen LogP contribution in [0, 0.1) is 26.6 Å². The normalized spacial score (nSPS) is 10.8. The maximum Gasteiger partial charge on any atom is 0.261 e. The molecule has 5 heteroatoms. The molecular formula is C12H13FN2OS. The first-order valence-electron chi connectivity index (χ1n) is 5.15. The van der Waals surface area contributed by atoms with Crippen LogP contribution in [0.25, 0.3) is 0 Å². The molecule has 0 fully saturated rings. The molecule has 17 heavy (non-hydrogen) atoms. The van der Waals surface area contributed by atoms with Crippen LogP contribution in [0.2, 0.25) is 0 Å². The van der Waals surface area contributed by atoms with Gasteiger partial charge in [-0.15, -0.1) is 0 Å². The highest BCUT2D eigenvalue weighted by atomic mass is 32.2. The van der Waals surface area contributed by atoms with Crippen LogP contribution >= 0.6 is 11.8 Å². The summed E-state index contributed by atoms with van der Waals surface area (Å²) < 4.78 is 18.7. The van der Waals surface area contributed by atoms with E-state index < -0.39 is 0 Å². The number of nitrogen functional groups attached to an aromatic ring is 1. The first-order valence-corrected chi connectivity index (χ1v) is 5.96. The second-order valence-corrected chi connectivity index (χ2v) is 4.86. The number of hydrogen-bond acceptors (Lipinski definition) is 4. The van der Waals surface area contributed by atoms with Crippen molar-refractivity contribution < 1.29 is 8.81 Å². The molecule has 1 aromatic carbocycles. The molecule has 1 aromatic heterocycles. The van der Waals surface area contributed by atoms with E-state index in [1.54, 1.807) is 13.0 Å². The predicted molar refractivity (Wildman–Crippen MR) is 65.6 cm³/mol. The van der Waals surface area contributed by atoms with Crippen LogP contribution < -0.4 is 5.73 Å². The van der Waals surface area contributed by atoms with Crippen molar-refractivity contribution in [3.63, 3.8) is 0 Å². The Morgan fingerprint density at radius 1 is 1.29 bits per heavy atom. The highest BCUT2D eigenvalue weighted by Crippen LogP contribution is 2.33. The van der Waals surface area contributed by atoms with E-state index in [9.17, 15) is 4.39 Å². The minimum Gasteiger partial charge on any atom is -0.436 e. The number of nitrogens with two attached hydrogens (primary N) is 1. The minimum atomic E-state index is -0.299. The second-order valence-electron chi connectivity index (χ2n) is 3.86. The van der Waals surface area contributed by atoms with Gasteiger partial charge in [0.2, 0.25) is 0 Å². The number of hydrogen-bond donors (Lipinski definition) is 1. The van der Waals surface area contributed by atoms with Gasteiger partial charge in [-0.2, -0.15) is 0 Å². The summed E-state index contributed by atoms with van der Waals surface area (Å²) in [7, 11) is 0. The van der Waals surface area contributed by atoms with Crippen LogP contribution in [0.3, 0.4) is 0 Å². The summed E-state index contributed by atoms with van der Waals surface area (Å²) in [5.74, 6) is 0.483. The Morgan fingerprint density at radius 3 is 2.59 bits per heavy atom. The molecule has 1 heterocycles. The molecule has 90 valence electrons. The molecule has 0 aliphatic rings. The number of nitrogens with zero attached hydrogens (tertiary/aromatic N) is 1. The summed E-state index contributed by atoms with van der Waals surface area (Å²) in [6.07, 6.45) is 0. The highest BCUT2D eigenvalue weighted by molar-refractivity contribution is 7.99. The van der Waals surface area contributed by atoms with E-state index in [0.717, 1.165) is 16.3 Å². The first-order chi connectivity index (χ1) is 7.97. The van der Waals surface area contributed by atoms with Gasteiger partial charge in [-0.1, -0.05) is 0 Å². The van der Waals surface area contributed by atoms with Gasteiger partial charge < -0.3 is 10.2 Å². The monoisotopic (exact) mass is 252 g/mol. The van der Waals surface area contributed by atoms with Gasteiger partial charge in [0.25, 0.3) is 5.22 Å². The number of benzene rings is 1. The molecule has 0 atom stereocenters. The Kier molecular flexibility index (Phi) is 3.11. The lowest BCUT2D eigenvalue weighted by Crippen LogP contribution is -1.92. The fraction of sp³-hybridized carbons (Fsp3) is 0.250. The maximum absolute atomic E-state index is 13.2. The quantitative estimate of drug-likeness (QED) is 0.831. The summed E-state index contributed by atoms with van der Waals surface area (Å²) >= 11 is 1.30. The molecule has 0 radical (unpaired) electrons. The van der Waals surface area contributed by atoms with Crippen LogP contribution in [0.4, 0.5) is 10.1 Å². The third kappa shape index (κ3) is 2.44. The Morgan fingerprint density at radius 2 is 2.00 bits per heavy atom. The first kappa shape index (κ1) is 12.0. The van der Waals surface area contributed by atoms with Gasteiger partial charge in [0.05, 0.1) is 5.69 Å². The Hall–Kier alpha value is -1.49. The molecule has 0 saturated carbocycles. The molecule has 0 unspecified atom stereocenters. The van der Waals surface area contributed by atoms with Gasteiger partial charge in [0, 0.05) is 10.6 Å². The Balaban J connectivity index is 2.33. The lowest BCUT2D eigenvalue weighted by atomic mass is 10.2. The third-order valence-electron chi connectivity index (χ3n) is 2.50. The van der Waals surface area contributed by atoms with Gasteiger partial charge in [0.1, 0.15) is 11.6 Å². The minimum absolute atomic E-state index is 0.299. The van der Waals surface area contributed by atoms with Crippen molar-refractivity contribution in [3.8, 4) is 0 Å². The third-order valence-corrected chi connectivity index (χ3v) is 3.42. The SMILES string of the molecule is Cc1cc(Sc2nc(C)c(C)o2)c(N)cc1F. The Bertz CT molecular complexity index is 546. The molecule has 0 saturated heterocycles. The van der Waals surface area contributed by atoms with E-state index in [2.05, 4.69) is 4.98 Å². The van der Waals surface area contributed by atoms with E-state index in [4.69, 9.17) is 10.2 Å². The molecule has 0 aliphatic heterocycles. The second kappa shape index (κ2) is 4.41. The summed E-state index contributed by atoms with van der Waals surface area (Å²) in [5, 5.41) is 0.526. The van der Waals surface area contributed by atoms with E-state index in [0.29, 0.717) is 16.5 Å². The van der Waals surface area contributed by atoms with Gasteiger partial charge in [0.15, 0.2) is 0 Å². The summed E-state index contributed by atoms with van der Waals surface area (Å²) in [4.78, 5) is 5.00. The molecule has 0 bridgehead atoms. The fourth-order valence-corrected chi connectivity index (χ4v) is 2.29. The van der Waals surface area contributed by atoms with Gasteiger partial charge in [-0.05, 0) is 50.2 Å². The van der Waals surface area contributed by atoms with Crippen molar-refractivity contribution in [2.24, 2.45) is 0 Å². The zero-order valence-electron chi connectivity index (χ0n) is 9.87. The summed E-state index contributed by atoms with van der Waals surface area (Å²) in [6, 6.07) is 3.02. The standard InChI is InChI=1S/C12H13FN2OS/c1-6-4-11(10(14)5-9(6)13)17-12-15-7(2)8(3)16-12/h4-5H,14H2,1-3H3.